The Morgan fingerprint density at radius 1 is 1.47 bits per heavy atom. The number of carbonyl (C=O) groups is 2. The summed E-state index contributed by atoms with van der Waals surface area (Å²) in [7, 11) is 4.00. The van der Waals surface area contributed by atoms with Gasteiger partial charge in [0.05, 0.1) is 20.1 Å². The minimum absolute atomic E-state index is 0.447. The van der Waals surface area contributed by atoms with Crippen LogP contribution < -0.4 is 9.67 Å². The molecule has 1 rings (SSSR count). The van der Waals surface area contributed by atoms with Gasteiger partial charge in [-0.25, -0.2) is 13.9 Å². The van der Waals surface area contributed by atoms with Crippen LogP contribution in [0.2, 0.25) is 0 Å². The number of aryl methyl sites for hydroxylation is 2. The lowest BCUT2D eigenvalue weighted by Crippen LogP contribution is -2.23. The van der Waals surface area contributed by atoms with Gasteiger partial charge in [0.15, 0.2) is 0 Å². The minimum Gasteiger partial charge on any atom is -0.545 e. The lowest BCUT2D eigenvalue weighted by molar-refractivity contribution is -0.670. The third-order valence-corrected chi connectivity index (χ3v) is 1.26. The van der Waals surface area contributed by atoms with Crippen LogP contribution in [0.5, 0.6) is 0 Å². The molecule has 0 amide bonds. The monoisotopic (exact) mass is 212 g/mol. The SMILES string of the molecule is Cn1cc[n+](C)c1.O=C([O-])/C=C\C(=O)O. The predicted octanol–water partition coefficient (Wildman–Crippen LogP) is -1.77. The van der Waals surface area contributed by atoms with E-state index in [4.69, 9.17) is 5.11 Å². The summed E-state index contributed by atoms with van der Waals surface area (Å²) >= 11 is 0. The molecule has 1 N–H and O–H groups in total. The first-order chi connectivity index (χ1) is 6.91. The number of carbonyl (C=O) groups excluding carboxylic acids is 1. The number of carboxylic acid groups (broad SMARTS) is 2. The Balaban J connectivity index is 0.000000262. The molecule has 0 unspecified atom stereocenters. The highest BCUT2D eigenvalue weighted by Crippen LogP contribution is 1.71. The van der Waals surface area contributed by atoms with Crippen LogP contribution in [0.3, 0.4) is 0 Å². The number of imidazole rings is 1. The van der Waals surface area contributed by atoms with Crippen molar-refractivity contribution in [1.82, 2.24) is 4.57 Å². The van der Waals surface area contributed by atoms with Gasteiger partial charge in [0.2, 0.25) is 6.33 Å². The molecular formula is C9H12N2O4. The molecule has 6 nitrogen and oxygen atoms in total. The van der Waals surface area contributed by atoms with Gasteiger partial charge in [0.25, 0.3) is 0 Å². The van der Waals surface area contributed by atoms with Crippen LogP contribution in [0.15, 0.2) is 30.9 Å². The molecule has 1 aromatic heterocycles. The molecule has 0 saturated carbocycles. The molecule has 0 aliphatic heterocycles. The Hall–Kier alpha value is -2.11. The smallest absolute Gasteiger partial charge is 0.328 e. The van der Waals surface area contributed by atoms with E-state index in [1.807, 2.05) is 42.0 Å². The predicted molar refractivity (Wildman–Crippen MR) is 48.4 cm³/mol. The molecule has 0 radical (unpaired) electrons. The first-order valence-corrected chi connectivity index (χ1v) is 4.01. The lowest BCUT2D eigenvalue weighted by atomic mass is 10.5. The van der Waals surface area contributed by atoms with E-state index in [0.29, 0.717) is 12.2 Å². The highest BCUT2D eigenvalue weighted by atomic mass is 16.4. The van der Waals surface area contributed by atoms with Crippen LogP contribution in [-0.4, -0.2) is 21.6 Å². The average molecular weight is 212 g/mol. The van der Waals surface area contributed by atoms with E-state index in [0.717, 1.165) is 0 Å². The molecule has 0 spiro atoms. The van der Waals surface area contributed by atoms with Crippen molar-refractivity contribution in [2.24, 2.45) is 14.1 Å². The van der Waals surface area contributed by atoms with Crippen molar-refractivity contribution in [1.29, 1.82) is 0 Å². The molecule has 1 heterocycles. The zero-order valence-electron chi connectivity index (χ0n) is 8.45. The summed E-state index contributed by atoms with van der Waals surface area (Å²) < 4.78 is 4.00. The van der Waals surface area contributed by atoms with Gasteiger partial charge in [-0.05, 0) is 6.08 Å². The quantitative estimate of drug-likeness (QED) is 0.464. The third kappa shape index (κ3) is 8.23. The van der Waals surface area contributed by atoms with Gasteiger partial charge in [-0.15, -0.1) is 0 Å². The summed E-state index contributed by atoms with van der Waals surface area (Å²) in [6, 6.07) is 0. The molecule has 0 saturated heterocycles. The molecule has 15 heavy (non-hydrogen) atoms. The number of aliphatic carboxylic acids is 2. The number of carboxylic acids is 2. The molecule has 1 aromatic rings. The number of hydrogen-bond acceptors (Lipinski definition) is 3. The minimum atomic E-state index is -1.51. The van der Waals surface area contributed by atoms with Gasteiger partial charge in [-0.2, -0.15) is 0 Å². The fourth-order valence-corrected chi connectivity index (χ4v) is 0.714. The van der Waals surface area contributed by atoms with Crippen molar-refractivity contribution in [3.05, 3.63) is 30.9 Å². The first-order valence-electron chi connectivity index (χ1n) is 4.01. The molecule has 0 bridgehead atoms. The van der Waals surface area contributed by atoms with Crippen molar-refractivity contribution in [3.63, 3.8) is 0 Å². The van der Waals surface area contributed by atoms with Crippen LogP contribution >= 0.6 is 0 Å². The molecule has 6 heteroatoms. The summed E-state index contributed by atoms with van der Waals surface area (Å²) in [4.78, 5) is 19.0. The zero-order chi connectivity index (χ0) is 11.8. The lowest BCUT2D eigenvalue weighted by Gasteiger charge is -1.85. The van der Waals surface area contributed by atoms with Crippen molar-refractivity contribution < 1.29 is 24.4 Å². The molecule has 0 fully saturated rings. The van der Waals surface area contributed by atoms with E-state index in [9.17, 15) is 14.7 Å². The van der Waals surface area contributed by atoms with Crippen molar-refractivity contribution >= 4 is 11.9 Å². The standard InChI is InChI=1S/C5H9N2.C4H4O4/c1-6-3-4-7(2)5-6;5-3(6)1-2-4(7)8/h3-5H,1-2H3;1-2H,(H,5,6)(H,7,8)/q+1;/p-1/b;2-1-. The second kappa shape index (κ2) is 6.36. The maximum absolute atomic E-state index is 9.53. The molecular weight excluding hydrogens is 200 g/mol. The summed E-state index contributed by atoms with van der Waals surface area (Å²) in [6.07, 6.45) is 6.94. The van der Waals surface area contributed by atoms with Crippen LogP contribution in [0.1, 0.15) is 0 Å². The fourth-order valence-electron chi connectivity index (χ4n) is 0.714. The Bertz CT molecular complexity index is 335. The summed E-state index contributed by atoms with van der Waals surface area (Å²) in [5, 5.41) is 17.2. The number of rotatable bonds is 2. The number of aromatic nitrogens is 2. The first kappa shape index (κ1) is 12.9. The molecule has 82 valence electrons. The zero-order valence-corrected chi connectivity index (χ0v) is 8.45. The van der Waals surface area contributed by atoms with Gasteiger partial charge in [-0.1, -0.05) is 0 Å². The number of nitrogens with zero attached hydrogens (tertiary/aromatic N) is 2. The van der Waals surface area contributed by atoms with Crippen LogP contribution in [0.25, 0.3) is 0 Å². The maximum atomic E-state index is 9.53. The molecule has 0 aliphatic rings. The molecule has 0 atom stereocenters. The van der Waals surface area contributed by atoms with E-state index in [-0.39, 0.29) is 0 Å². The van der Waals surface area contributed by atoms with Gasteiger partial charge in [0.1, 0.15) is 12.4 Å². The van der Waals surface area contributed by atoms with E-state index >= 15 is 0 Å². The largest absolute Gasteiger partial charge is 0.545 e. The van der Waals surface area contributed by atoms with E-state index in [2.05, 4.69) is 0 Å². The summed E-state index contributed by atoms with van der Waals surface area (Å²) in [5.74, 6) is -2.80. The summed E-state index contributed by atoms with van der Waals surface area (Å²) in [5.41, 5.74) is 0. The normalized spacial score (nSPS) is 9.47. The van der Waals surface area contributed by atoms with Crippen molar-refractivity contribution in [3.8, 4) is 0 Å². The van der Waals surface area contributed by atoms with E-state index in [1.54, 1.807) is 0 Å². The third-order valence-electron chi connectivity index (χ3n) is 1.26. The molecule has 0 aromatic carbocycles. The van der Waals surface area contributed by atoms with E-state index in [1.165, 1.54) is 0 Å². The Morgan fingerprint density at radius 2 is 2.07 bits per heavy atom. The van der Waals surface area contributed by atoms with Crippen LogP contribution in [0.4, 0.5) is 0 Å². The van der Waals surface area contributed by atoms with Gasteiger partial charge >= 0.3 is 5.97 Å². The van der Waals surface area contributed by atoms with Gasteiger partial charge in [-0.3, -0.25) is 0 Å². The summed E-state index contributed by atoms with van der Waals surface area (Å²) in [6.45, 7) is 0. The van der Waals surface area contributed by atoms with Crippen molar-refractivity contribution in [2.75, 3.05) is 0 Å². The Labute approximate surface area is 86.7 Å². The highest BCUT2D eigenvalue weighted by Gasteiger charge is 1.87. The topological polar surface area (TPSA) is 86.2 Å². The highest BCUT2D eigenvalue weighted by molar-refractivity contribution is 5.88. The maximum Gasteiger partial charge on any atom is 0.328 e. The second-order valence-corrected chi connectivity index (χ2v) is 2.74. The van der Waals surface area contributed by atoms with E-state index < -0.39 is 11.9 Å². The van der Waals surface area contributed by atoms with Gasteiger partial charge < -0.3 is 15.0 Å². The van der Waals surface area contributed by atoms with Crippen LogP contribution in [-0.2, 0) is 23.7 Å². The Kier molecular flexibility index (Phi) is 5.47. The fraction of sp³-hybridized carbons (Fsp3) is 0.222. The van der Waals surface area contributed by atoms with Crippen LogP contribution in [0, 0.1) is 0 Å². The molecule has 0 aliphatic carbocycles. The van der Waals surface area contributed by atoms with Crippen molar-refractivity contribution in [2.45, 2.75) is 0 Å². The van der Waals surface area contributed by atoms with Gasteiger partial charge in [0, 0.05) is 6.08 Å². The Morgan fingerprint density at radius 3 is 2.20 bits per heavy atom. The second-order valence-electron chi connectivity index (χ2n) is 2.74. The average Bonchev–Trinajstić information content (AvgIpc) is 2.47. The number of hydrogen-bond donors (Lipinski definition) is 1.